The van der Waals surface area contributed by atoms with Gasteiger partial charge in [0, 0.05) is 45.0 Å². The quantitative estimate of drug-likeness (QED) is 0.696. The van der Waals surface area contributed by atoms with Gasteiger partial charge >= 0.3 is 0 Å². The maximum atomic E-state index is 12.0. The van der Waals surface area contributed by atoms with Crippen LogP contribution in [0.1, 0.15) is 19.3 Å². The summed E-state index contributed by atoms with van der Waals surface area (Å²) in [5.74, 6) is 0.695. The van der Waals surface area contributed by atoms with Crippen molar-refractivity contribution in [2.45, 2.75) is 19.3 Å². The number of amides is 2. The van der Waals surface area contributed by atoms with Gasteiger partial charge in [-0.15, -0.1) is 0 Å². The lowest BCUT2D eigenvalue weighted by atomic mass is 9.97. The van der Waals surface area contributed by atoms with E-state index in [0.29, 0.717) is 26.1 Å². The fourth-order valence-corrected chi connectivity index (χ4v) is 2.88. The van der Waals surface area contributed by atoms with Crippen molar-refractivity contribution < 1.29 is 14.3 Å². The molecule has 0 aromatic carbocycles. The van der Waals surface area contributed by atoms with Crippen LogP contribution in [0.4, 0.5) is 0 Å². The highest BCUT2D eigenvalue weighted by Gasteiger charge is 2.30. The molecule has 2 heterocycles. The van der Waals surface area contributed by atoms with E-state index in [9.17, 15) is 9.59 Å². The molecule has 0 aromatic rings. The van der Waals surface area contributed by atoms with Gasteiger partial charge in [-0.2, -0.15) is 0 Å². The van der Waals surface area contributed by atoms with E-state index in [1.807, 2.05) is 4.90 Å². The van der Waals surface area contributed by atoms with Crippen LogP contribution < -0.4 is 10.6 Å². The molecule has 0 aliphatic carbocycles. The summed E-state index contributed by atoms with van der Waals surface area (Å²) >= 11 is 0. The second-order valence-electron chi connectivity index (χ2n) is 5.67. The second kappa shape index (κ2) is 7.59. The van der Waals surface area contributed by atoms with E-state index in [4.69, 9.17) is 4.74 Å². The first-order valence-electron chi connectivity index (χ1n) is 7.46. The lowest BCUT2D eigenvalue weighted by Gasteiger charge is -2.22. The topological polar surface area (TPSA) is 70.7 Å². The molecule has 2 rings (SSSR count). The number of nitrogens with one attached hydrogen (secondary N) is 2. The van der Waals surface area contributed by atoms with Crippen LogP contribution in [-0.2, 0) is 14.3 Å². The predicted octanol–water partition coefficient (Wildman–Crippen LogP) is -0.403. The molecular weight excluding hydrogens is 258 g/mol. The minimum atomic E-state index is 0.137. The summed E-state index contributed by atoms with van der Waals surface area (Å²) in [7, 11) is 1.64. The van der Waals surface area contributed by atoms with Crippen molar-refractivity contribution in [1.29, 1.82) is 0 Å². The Hall–Kier alpha value is -1.14. The second-order valence-corrected chi connectivity index (χ2v) is 5.67. The predicted molar refractivity (Wildman–Crippen MR) is 75.2 cm³/mol. The largest absolute Gasteiger partial charge is 0.383 e. The van der Waals surface area contributed by atoms with E-state index in [1.165, 1.54) is 0 Å². The summed E-state index contributed by atoms with van der Waals surface area (Å²) in [6.07, 6.45) is 2.36. The molecule has 1 atom stereocenters. The van der Waals surface area contributed by atoms with E-state index < -0.39 is 0 Å². The van der Waals surface area contributed by atoms with Crippen LogP contribution in [-0.4, -0.2) is 63.2 Å². The number of carbonyl (C=O) groups excluding carboxylic acids is 2. The Bertz CT molecular complexity index is 343. The zero-order chi connectivity index (χ0) is 14.4. The van der Waals surface area contributed by atoms with Crippen molar-refractivity contribution in [3.05, 3.63) is 0 Å². The molecule has 0 bridgehead atoms. The van der Waals surface area contributed by atoms with Crippen LogP contribution in [0.15, 0.2) is 0 Å². The number of piperidine rings is 1. The van der Waals surface area contributed by atoms with E-state index in [1.54, 1.807) is 7.11 Å². The summed E-state index contributed by atoms with van der Waals surface area (Å²) in [5.41, 5.74) is 0. The number of likely N-dealkylation sites (tertiary alicyclic amines) is 1. The average molecular weight is 283 g/mol. The van der Waals surface area contributed by atoms with Gasteiger partial charge in [0.25, 0.3) is 0 Å². The van der Waals surface area contributed by atoms with Gasteiger partial charge in [0.05, 0.1) is 6.61 Å². The summed E-state index contributed by atoms with van der Waals surface area (Å²) in [5, 5.41) is 6.27. The van der Waals surface area contributed by atoms with Crippen LogP contribution in [0.5, 0.6) is 0 Å². The molecule has 1 unspecified atom stereocenters. The molecule has 2 aliphatic rings. The Balaban J connectivity index is 1.69. The Kier molecular flexibility index (Phi) is 5.79. The zero-order valence-corrected chi connectivity index (χ0v) is 12.2. The average Bonchev–Trinajstić information content (AvgIpc) is 2.84. The number of methoxy groups -OCH3 is 1. The first-order chi connectivity index (χ1) is 9.70. The molecule has 114 valence electrons. The molecule has 2 amide bonds. The van der Waals surface area contributed by atoms with Crippen LogP contribution in [0, 0.1) is 11.8 Å². The van der Waals surface area contributed by atoms with Crippen molar-refractivity contribution >= 4 is 11.8 Å². The molecule has 2 fully saturated rings. The molecule has 20 heavy (non-hydrogen) atoms. The van der Waals surface area contributed by atoms with Gasteiger partial charge in [-0.05, 0) is 25.9 Å². The Labute approximate surface area is 120 Å². The minimum absolute atomic E-state index is 0.137. The Morgan fingerprint density at radius 2 is 2.20 bits per heavy atom. The molecule has 0 aromatic heterocycles. The molecule has 6 nitrogen and oxygen atoms in total. The standard InChI is InChI=1S/C14H25N3O3/c1-20-7-6-17-10-11(8-13(17)18)9-16-14(19)12-2-4-15-5-3-12/h11-12,15H,2-10H2,1H3,(H,16,19). The van der Waals surface area contributed by atoms with E-state index in [-0.39, 0.29) is 23.7 Å². The number of nitrogens with zero attached hydrogens (tertiary/aromatic N) is 1. The molecule has 0 spiro atoms. The molecule has 2 saturated heterocycles. The third-order valence-electron chi connectivity index (χ3n) is 4.13. The van der Waals surface area contributed by atoms with Gasteiger partial charge in [-0.1, -0.05) is 0 Å². The van der Waals surface area contributed by atoms with Crippen LogP contribution in [0.25, 0.3) is 0 Å². The van der Waals surface area contributed by atoms with Gasteiger partial charge in [-0.25, -0.2) is 0 Å². The third-order valence-corrected chi connectivity index (χ3v) is 4.13. The fourth-order valence-electron chi connectivity index (χ4n) is 2.88. The van der Waals surface area contributed by atoms with Gasteiger partial charge in [0.1, 0.15) is 0 Å². The Morgan fingerprint density at radius 3 is 2.90 bits per heavy atom. The fraction of sp³-hybridized carbons (Fsp3) is 0.857. The summed E-state index contributed by atoms with van der Waals surface area (Å²) < 4.78 is 5.00. The van der Waals surface area contributed by atoms with E-state index >= 15 is 0 Å². The Morgan fingerprint density at radius 1 is 1.45 bits per heavy atom. The van der Waals surface area contributed by atoms with Crippen LogP contribution in [0.2, 0.25) is 0 Å². The molecule has 2 N–H and O–H groups in total. The third kappa shape index (κ3) is 4.18. The highest BCUT2D eigenvalue weighted by molar-refractivity contribution is 5.80. The van der Waals surface area contributed by atoms with Crippen LogP contribution >= 0.6 is 0 Å². The lowest BCUT2D eigenvalue weighted by Crippen LogP contribution is -2.40. The van der Waals surface area contributed by atoms with Crippen molar-refractivity contribution in [1.82, 2.24) is 15.5 Å². The lowest BCUT2D eigenvalue weighted by molar-refractivity contribution is -0.128. The minimum Gasteiger partial charge on any atom is -0.383 e. The number of ether oxygens (including phenoxy) is 1. The van der Waals surface area contributed by atoms with E-state index in [0.717, 1.165) is 32.5 Å². The molecular formula is C14H25N3O3. The normalized spacial score (nSPS) is 24.1. The van der Waals surface area contributed by atoms with Crippen molar-refractivity contribution in [2.75, 3.05) is 46.4 Å². The molecule has 6 heteroatoms. The number of rotatable bonds is 6. The van der Waals surface area contributed by atoms with Gasteiger partial charge in [-0.3, -0.25) is 9.59 Å². The smallest absolute Gasteiger partial charge is 0.223 e. The first kappa shape index (κ1) is 15.3. The van der Waals surface area contributed by atoms with Gasteiger partial charge < -0.3 is 20.3 Å². The number of hydrogen-bond acceptors (Lipinski definition) is 4. The number of hydrogen-bond donors (Lipinski definition) is 2. The van der Waals surface area contributed by atoms with Crippen molar-refractivity contribution in [3.63, 3.8) is 0 Å². The number of carbonyl (C=O) groups is 2. The molecule has 2 aliphatic heterocycles. The highest BCUT2D eigenvalue weighted by atomic mass is 16.5. The van der Waals surface area contributed by atoms with Crippen molar-refractivity contribution in [2.24, 2.45) is 11.8 Å². The SMILES string of the molecule is COCCN1CC(CNC(=O)C2CCNCC2)CC1=O. The summed E-state index contributed by atoms with van der Waals surface area (Å²) in [6.45, 7) is 4.40. The monoisotopic (exact) mass is 283 g/mol. The van der Waals surface area contributed by atoms with Crippen LogP contribution in [0.3, 0.4) is 0 Å². The zero-order valence-electron chi connectivity index (χ0n) is 12.2. The maximum absolute atomic E-state index is 12.0. The van der Waals surface area contributed by atoms with Crippen molar-refractivity contribution in [3.8, 4) is 0 Å². The van der Waals surface area contributed by atoms with Gasteiger partial charge in [0.2, 0.25) is 11.8 Å². The van der Waals surface area contributed by atoms with E-state index in [2.05, 4.69) is 10.6 Å². The first-order valence-corrected chi connectivity index (χ1v) is 7.46. The summed E-state index contributed by atoms with van der Waals surface area (Å²) in [4.78, 5) is 25.6. The highest BCUT2D eigenvalue weighted by Crippen LogP contribution is 2.17. The molecule has 0 radical (unpaired) electrons. The maximum Gasteiger partial charge on any atom is 0.223 e. The molecule has 0 saturated carbocycles. The summed E-state index contributed by atoms with van der Waals surface area (Å²) in [6, 6.07) is 0. The van der Waals surface area contributed by atoms with Gasteiger partial charge in [0.15, 0.2) is 0 Å².